The zero-order valence-electron chi connectivity index (χ0n) is 15.1. The lowest BCUT2D eigenvalue weighted by Crippen LogP contribution is -2.00. The van der Waals surface area contributed by atoms with Crippen molar-refractivity contribution in [3.8, 4) is 11.3 Å². The van der Waals surface area contributed by atoms with Gasteiger partial charge in [-0.2, -0.15) is 0 Å². The molecule has 0 saturated heterocycles. The summed E-state index contributed by atoms with van der Waals surface area (Å²) in [7, 11) is 0. The largest absolute Gasteiger partial charge is 0.456 e. The van der Waals surface area contributed by atoms with Gasteiger partial charge >= 0.3 is 0 Å². The van der Waals surface area contributed by atoms with E-state index < -0.39 is 0 Å². The van der Waals surface area contributed by atoms with Crippen LogP contribution in [0.1, 0.15) is 5.56 Å². The highest BCUT2D eigenvalue weighted by Crippen LogP contribution is 2.32. The van der Waals surface area contributed by atoms with Crippen molar-refractivity contribution in [2.24, 2.45) is 0 Å². The zero-order chi connectivity index (χ0) is 18.9. The summed E-state index contributed by atoms with van der Waals surface area (Å²) in [5, 5.41) is 6.66. The number of furan rings is 1. The van der Waals surface area contributed by atoms with Gasteiger partial charge in [0.15, 0.2) is 0 Å². The Morgan fingerprint density at radius 2 is 1.82 bits per heavy atom. The highest BCUT2D eigenvalue weighted by atomic mass is 16.3. The number of hydrogen-bond donors (Lipinski definition) is 2. The summed E-state index contributed by atoms with van der Waals surface area (Å²) in [5.74, 6) is 1.34. The van der Waals surface area contributed by atoms with E-state index in [0.29, 0.717) is 12.4 Å². The van der Waals surface area contributed by atoms with Gasteiger partial charge in [0.2, 0.25) is 0 Å². The maximum atomic E-state index is 6.07. The van der Waals surface area contributed by atoms with Crippen molar-refractivity contribution in [3.05, 3.63) is 84.8 Å². The Morgan fingerprint density at radius 1 is 0.893 bits per heavy atom. The molecule has 0 bridgehead atoms. The Kier molecular flexibility index (Phi) is 3.91. The topological polar surface area (TPSA) is 77.0 Å². The van der Waals surface area contributed by atoms with Crippen LogP contribution >= 0.6 is 0 Å². The molecule has 0 aliphatic carbocycles. The average molecular weight is 366 g/mol. The Hall–Kier alpha value is -3.86. The third kappa shape index (κ3) is 3.03. The van der Waals surface area contributed by atoms with E-state index in [1.165, 1.54) is 0 Å². The summed E-state index contributed by atoms with van der Waals surface area (Å²) in [4.78, 5) is 8.51. The van der Waals surface area contributed by atoms with Gasteiger partial charge in [-0.15, -0.1) is 0 Å². The highest BCUT2D eigenvalue weighted by molar-refractivity contribution is 5.97. The molecule has 5 heteroatoms. The fraction of sp³-hybridized carbons (Fsp3) is 0.0435. The van der Waals surface area contributed by atoms with Crippen molar-refractivity contribution in [2.45, 2.75) is 6.54 Å². The number of nitrogens with one attached hydrogen (secondary N) is 1. The molecule has 0 atom stereocenters. The molecule has 0 aliphatic rings. The van der Waals surface area contributed by atoms with Gasteiger partial charge in [-0.1, -0.05) is 30.3 Å². The van der Waals surface area contributed by atoms with Crippen molar-refractivity contribution < 1.29 is 4.42 Å². The average Bonchev–Trinajstić information content (AvgIpc) is 3.17. The summed E-state index contributed by atoms with van der Waals surface area (Å²) in [6, 6.07) is 20.2. The standard InChI is InChI=1S/C23H18N4O/c24-23-8-7-18(13-27-23)26-11-15-5-6-17-12-25-14-20(19(17)9-15)22-10-16-3-1-2-4-21(16)28-22/h1-10,12-14,26H,11H2,(H2,24,27). The van der Waals surface area contributed by atoms with Crippen LogP contribution in [0.5, 0.6) is 0 Å². The number of pyridine rings is 2. The minimum Gasteiger partial charge on any atom is -0.456 e. The monoisotopic (exact) mass is 366 g/mol. The van der Waals surface area contributed by atoms with Crippen LogP contribution < -0.4 is 11.1 Å². The van der Waals surface area contributed by atoms with E-state index in [1.807, 2.05) is 36.7 Å². The first-order chi connectivity index (χ1) is 13.8. The molecule has 5 rings (SSSR count). The third-order valence-corrected chi connectivity index (χ3v) is 4.80. The molecule has 0 aliphatic heterocycles. The van der Waals surface area contributed by atoms with Crippen LogP contribution in [0, 0.1) is 0 Å². The van der Waals surface area contributed by atoms with E-state index in [2.05, 4.69) is 45.6 Å². The molecule has 0 fully saturated rings. The smallest absolute Gasteiger partial charge is 0.137 e. The third-order valence-electron chi connectivity index (χ3n) is 4.80. The quantitative estimate of drug-likeness (QED) is 0.455. The molecule has 0 spiro atoms. The minimum absolute atomic E-state index is 0.513. The predicted molar refractivity (Wildman–Crippen MR) is 113 cm³/mol. The zero-order valence-corrected chi connectivity index (χ0v) is 15.1. The Bertz CT molecular complexity index is 1240. The fourth-order valence-electron chi connectivity index (χ4n) is 3.35. The molecule has 136 valence electrons. The molecule has 3 N–H and O–H groups in total. The number of benzene rings is 2. The molecule has 28 heavy (non-hydrogen) atoms. The lowest BCUT2D eigenvalue weighted by atomic mass is 10.0. The number of anilines is 2. The minimum atomic E-state index is 0.513. The Morgan fingerprint density at radius 3 is 2.68 bits per heavy atom. The molecule has 0 unspecified atom stereocenters. The van der Waals surface area contributed by atoms with Crippen molar-refractivity contribution >= 4 is 33.2 Å². The number of para-hydroxylation sites is 1. The maximum Gasteiger partial charge on any atom is 0.137 e. The van der Waals surface area contributed by atoms with Crippen molar-refractivity contribution in [2.75, 3.05) is 11.1 Å². The molecule has 0 amide bonds. The molecular weight excluding hydrogens is 348 g/mol. The molecule has 5 aromatic rings. The number of nitrogens with two attached hydrogens (primary N) is 1. The summed E-state index contributed by atoms with van der Waals surface area (Å²) < 4.78 is 6.07. The van der Waals surface area contributed by atoms with Gasteiger partial charge in [0, 0.05) is 35.3 Å². The first-order valence-corrected chi connectivity index (χ1v) is 9.07. The second-order valence-corrected chi connectivity index (χ2v) is 6.72. The molecule has 5 nitrogen and oxygen atoms in total. The van der Waals surface area contributed by atoms with Crippen LogP contribution in [-0.2, 0) is 6.54 Å². The number of aromatic nitrogens is 2. The molecule has 2 aromatic carbocycles. The number of rotatable bonds is 4. The summed E-state index contributed by atoms with van der Waals surface area (Å²) in [6.07, 6.45) is 5.48. The second kappa shape index (κ2) is 6.70. The molecule has 3 aromatic heterocycles. The number of nitrogen functional groups attached to an aromatic ring is 1. The van der Waals surface area contributed by atoms with Gasteiger partial charge in [0.1, 0.15) is 17.2 Å². The van der Waals surface area contributed by atoms with Crippen LogP contribution in [-0.4, -0.2) is 9.97 Å². The molecule has 0 saturated carbocycles. The van der Waals surface area contributed by atoms with E-state index in [1.54, 1.807) is 12.3 Å². The number of fused-ring (bicyclic) bond motifs is 2. The van der Waals surface area contributed by atoms with Crippen molar-refractivity contribution in [1.29, 1.82) is 0 Å². The van der Waals surface area contributed by atoms with E-state index in [9.17, 15) is 0 Å². The van der Waals surface area contributed by atoms with Crippen molar-refractivity contribution in [3.63, 3.8) is 0 Å². The van der Waals surface area contributed by atoms with Gasteiger partial charge in [-0.05, 0) is 41.3 Å². The number of hydrogen-bond acceptors (Lipinski definition) is 5. The van der Waals surface area contributed by atoms with Crippen LogP contribution in [0.25, 0.3) is 33.1 Å². The summed E-state index contributed by atoms with van der Waals surface area (Å²) in [6.45, 7) is 0.684. The van der Waals surface area contributed by atoms with E-state index >= 15 is 0 Å². The lowest BCUT2D eigenvalue weighted by Gasteiger charge is -2.09. The van der Waals surface area contributed by atoms with Crippen LogP contribution in [0.2, 0.25) is 0 Å². The van der Waals surface area contributed by atoms with Gasteiger partial charge in [0.25, 0.3) is 0 Å². The fourth-order valence-corrected chi connectivity index (χ4v) is 3.35. The first-order valence-electron chi connectivity index (χ1n) is 9.07. The van der Waals surface area contributed by atoms with E-state index in [-0.39, 0.29) is 0 Å². The van der Waals surface area contributed by atoms with Gasteiger partial charge in [0.05, 0.1) is 11.9 Å². The summed E-state index contributed by atoms with van der Waals surface area (Å²) in [5.41, 5.74) is 9.60. The Balaban J connectivity index is 1.51. The maximum absolute atomic E-state index is 6.07. The Labute approximate surface area is 161 Å². The number of nitrogens with zero attached hydrogens (tertiary/aromatic N) is 2. The second-order valence-electron chi connectivity index (χ2n) is 6.72. The first kappa shape index (κ1) is 16.3. The SMILES string of the molecule is Nc1ccc(NCc2ccc3cncc(-c4cc5ccccc5o4)c3c2)cn1. The van der Waals surface area contributed by atoms with Gasteiger partial charge < -0.3 is 15.5 Å². The highest BCUT2D eigenvalue weighted by Gasteiger charge is 2.10. The van der Waals surface area contributed by atoms with Gasteiger partial charge in [-0.25, -0.2) is 4.98 Å². The molecule has 3 heterocycles. The van der Waals surface area contributed by atoms with E-state index in [4.69, 9.17) is 10.2 Å². The molecule has 0 radical (unpaired) electrons. The van der Waals surface area contributed by atoms with Crippen LogP contribution in [0.3, 0.4) is 0 Å². The molecular formula is C23H18N4O. The van der Waals surface area contributed by atoms with Gasteiger partial charge in [-0.3, -0.25) is 4.98 Å². The summed E-state index contributed by atoms with van der Waals surface area (Å²) >= 11 is 0. The predicted octanol–water partition coefficient (Wildman–Crippen LogP) is 5.24. The normalized spacial score (nSPS) is 11.1. The lowest BCUT2D eigenvalue weighted by molar-refractivity contribution is 0.632. The van der Waals surface area contributed by atoms with Crippen LogP contribution in [0.15, 0.2) is 83.7 Å². The van der Waals surface area contributed by atoms with E-state index in [0.717, 1.165) is 44.3 Å². The van der Waals surface area contributed by atoms with Crippen molar-refractivity contribution in [1.82, 2.24) is 9.97 Å². The van der Waals surface area contributed by atoms with Crippen LogP contribution in [0.4, 0.5) is 11.5 Å².